The SMILES string of the molecule is Cc1ccc(/C=N/NS(=O)(=O)c2ccccc2)cc1. The Hall–Kier alpha value is -2.14. The van der Waals surface area contributed by atoms with Crippen LogP contribution < -0.4 is 4.83 Å². The number of sulfonamides is 1. The van der Waals surface area contributed by atoms with E-state index in [1.54, 1.807) is 18.2 Å². The first-order valence-electron chi connectivity index (χ1n) is 5.74. The molecule has 98 valence electrons. The molecule has 0 radical (unpaired) electrons. The van der Waals surface area contributed by atoms with Gasteiger partial charge in [0.15, 0.2) is 0 Å². The monoisotopic (exact) mass is 274 g/mol. The third-order valence-corrected chi connectivity index (χ3v) is 3.76. The van der Waals surface area contributed by atoms with Crippen LogP contribution in [0.5, 0.6) is 0 Å². The first-order valence-corrected chi connectivity index (χ1v) is 7.23. The number of hydrazone groups is 1. The molecule has 0 aliphatic carbocycles. The van der Waals surface area contributed by atoms with Gasteiger partial charge in [-0.2, -0.15) is 13.5 Å². The van der Waals surface area contributed by atoms with Crippen LogP contribution in [0.4, 0.5) is 0 Å². The summed E-state index contributed by atoms with van der Waals surface area (Å²) >= 11 is 0. The van der Waals surface area contributed by atoms with Gasteiger partial charge in [-0.3, -0.25) is 0 Å². The quantitative estimate of drug-likeness (QED) is 0.687. The molecule has 5 heteroatoms. The molecule has 0 atom stereocenters. The van der Waals surface area contributed by atoms with Crippen molar-refractivity contribution in [2.75, 3.05) is 0 Å². The lowest BCUT2D eigenvalue weighted by atomic mass is 10.2. The molecule has 4 nitrogen and oxygen atoms in total. The molecule has 0 fully saturated rings. The van der Waals surface area contributed by atoms with Gasteiger partial charge in [0.1, 0.15) is 0 Å². The number of hydrogen-bond donors (Lipinski definition) is 1. The highest BCUT2D eigenvalue weighted by Gasteiger charge is 2.10. The van der Waals surface area contributed by atoms with E-state index in [0.717, 1.165) is 11.1 Å². The van der Waals surface area contributed by atoms with Crippen LogP contribution in [-0.2, 0) is 10.0 Å². The highest BCUT2D eigenvalue weighted by molar-refractivity contribution is 7.89. The number of benzene rings is 2. The average Bonchev–Trinajstić information content (AvgIpc) is 2.42. The lowest BCUT2D eigenvalue weighted by Crippen LogP contribution is -2.18. The van der Waals surface area contributed by atoms with Gasteiger partial charge in [-0.1, -0.05) is 48.0 Å². The van der Waals surface area contributed by atoms with Crippen molar-refractivity contribution in [1.29, 1.82) is 0 Å². The topological polar surface area (TPSA) is 58.5 Å². The summed E-state index contributed by atoms with van der Waals surface area (Å²) in [6, 6.07) is 15.7. The van der Waals surface area contributed by atoms with Gasteiger partial charge in [-0.25, -0.2) is 4.83 Å². The Morgan fingerprint density at radius 1 is 1.00 bits per heavy atom. The largest absolute Gasteiger partial charge is 0.276 e. The zero-order chi connectivity index (χ0) is 13.7. The third kappa shape index (κ3) is 3.66. The van der Waals surface area contributed by atoms with Gasteiger partial charge in [0, 0.05) is 0 Å². The molecular formula is C14H14N2O2S. The predicted octanol–water partition coefficient (Wildman–Crippen LogP) is 2.31. The third-order valence-electron chi connectivity index (χ3n) is 2.52. The van der Waals surface area contributed by atoms with E-state index in [1.165, 1.54) is 18.3 Å². The molecular weight excluding hydrogens is 260 g/mol. The summed E-state index contributed by atoms with van der Waals surface area (Å²) in [4.78, 5) is 2.37. The zero-order valence-electron chi connectivity index (χ0n) is 10.4. The van der Waals surface area contributed by atoms with Gasteiger partial charge in [0.05, 0.1) is 11.1 Å². The lowest BCUT2D eigenvalue weighted by Gasteiger charge is -2.02. The number of rotatable bonds is 4. The van der Waals surface area contributed by atoms with Crippen LogP contribution in [0.25, 0.3) is 0 Å². The van der Waals surface area contributed by atoms with Crippen LogP contribution in [0.1, 0.15) is 11.1 Å². The fourth-order valence-electron chi connectivity index (χ4n) is 1.48. The van der Waals surface area contributed by atoms with Gasteiger partial charge < -0.3 is 0 Å². The Labute approximate surface area is 112 Å². The molecule has 0 unspecified atom stereocenters. The number of aryl methyl sites for hydroxylation is 1. The second kappa shape index (κ2) is 5.67. The van der Waals surface area contributed by atoms with Crippen LogP contribution in [0.3, 0.4) is 0 Å². The summed E-state index contributed by atoms with van der Waals surface area (Å²) in [6.07, 6.45) is 1.47. The van der Waals surface area contributed by atoms with Gasteiger partial charge in [0.25, 0.3) is 10.0 Å². The van der Waals surface area contributed by atoms with E-state index < -0.39 is 10.0 Å². The van der Waals surface area contributed by atoms with E-state index in [2.05, 4.69) is 9.93 Å². The number of hydrogen-bond acceptors (Lipinski definition) is 3. The van der Waals surface area contributed by atoms with Gasteiger partial charge in [-0.05, 0) is 24.6 Å². The number of nitrogens with zero attached hydrogens (tertiary/aromatic N) is 1. The minimum atomic E-state index is -3.59. The fourth-order valence-corrected chi connectivity index (χ4v) is 2.29. The molecule has 0 aliphatic rings. The lowest BCUT2D eigenvalue weighted by molar-refractivity contribution is 0.584. The smallest absolute Gasteiger partial charge is 0.200 e. The summed E-state index contributed by atoms with van der Waals surface area (Å²) in [7, 11) is -3.59. The molecule has 0 saturated heterocycles. The van der Waals surface area contributed by atoms with E-state index in [-0.39, 0.29) is 4.90 Å². The van der Waals surface area contributed by atoms with E-state index in [9.17, 15) is 8.42 Å². The molecule has 0 aliphatic heterocycles. The molecule has 0 amide bonds. The molecule has 0 saturated carbocycles. The zero-order valence-corrected chi connectivity index (χ0v) is 11.3. The summed E-state index contributed by atoms with van der Waals surface area (Å²) in [6.45, 7) is 1.99. The molecule has 0 heterocycles. The van der Waals surface area contributed by atoms with Crippen molar-refractivity contribution in [3.8, 4) is 0 Å². The molecule has 2 aromatic rings. The highest BCUT2D eigenvalue weighted by Crippen LogP contribution is 2.06. The Bertz CT molecular complexity index is 662. The van der Waals surface area contributed by atoms with E-state index in [1.807, 2.05) is 31.2 Å². The van der Waals surface area contributed by atoms with Gasteiger partial charge in [0.2, 0.25) is 0 Å². The first kappa shape index (κ1) is 13.3. The molecule has 2 aromatic carbocycles. The molecule has 1 N–H and O–H groups in total. The molecule has 19 heavy (non-hydrogen) atoms. The Morgan fingerprint density at radius 3 is 2.26 bits per heavy atom. The summed E-state index contributed by atoms with van der Waals surface area (Å²) in [5.74, 6) is 0. The van der Waals surface area contributed by atoms with Crippen molar-refractivity contribution >= 4 is 16.2 Å². The van der Waals surface area contributed by atoms with Crippen molar-refractivity contribution in [3.63, 3.8) is 0 Å². The van der Waals surface area contributed by atoms with Crippen LogP contribution in [0, 0.1) is 6.92 Å². The second-order valence-electron chi connectivity index (χ2n) is 4.08. The Balaban J connectivity index is 2.08. The molecule has 0 bridgehead atoms. The minimum absolute atomic E-state index is 0.191. The fraction of sp³-hybridized carbons (Fsp3) is 0.0714. The van der Waals surface area contributed by atoms with Crippen LogP contribution in [0.2, 0.25) is 0 Å². The average molecular weight is 274 g/mol. The maximum atomic E-state index is 11.9. The van der Waals surface area contributed by atoms with E-state index >= 15 is 0 Å². The summed E-state index contributed by atoms with van der Waals surface area (Å²) in [5.41, 5.74) is 1.98. The van der Waals surface area contributed by atoms with Gasteiger partial charge >= 0.3 is 0 Å². The Kier molecular flexibility index (Phi) is 3.97. The summed E-state index contributed by atoms with van der Waals surface area (Å²) in [5, 5.41) is 3.76. The van der Waals surface area contributed by atoms with E-state index in [0.29, 0.717) is 0 Å². The molecule has 0 spiro atoms. The Morgan fingerprint density at radius 2 is 1.63 bits per heavy atom. The highest BCUT2D eigenvalue weighted by atomic mass is 32.2. The standard InChI is InChI=1S/C14H14N2O2S/c1-12-7-9-13(10-8-12)11-15-16-19(17,18)14-5-3-2-4-6-14/h2-11,16H,1H3/b15-11+. The van der Waals surface area contributed by atoms with Crippen molar-refractivity contribution in [2.24, 2.45) is 5.10 Å². The second-order valence-corrected chi connectivity index (χ2v) is 5.74. The van der Waals surface area contributed by atoms with Crippen molar-refractivity contribution in [3.05, 3.63) is 65.7 Å². The molecule has 0 aromatic heterocycles. The van der Waals surface area contributed by atoms with Crippen molar-refractivity contribution in [1.82, 2.24) is 4.83 Å². The first-order chi connectivity index (χ1) is 9.08. The maximum Gasteiger partial charge on any atom is 0.276 e. The number of nitrogens with one attached hydrogen (secondary N) is 1. The van der Waals surface area contributed by atoms with Gasteiger partial charge in [-0.15, -0.1) is 0 Å². The maximum absolute atomic E-state index is 11.9. The molecule has 2 rings (SSSR count). The van der Waals surface area contributed by atoms with Crippen LogP contribution in [-0.4, -0.2) is 14.6 Å². The normalized spacial score (nSPS) is 11.6. The van der Waals surface area contributed by atoms with E-state index in [4.69, 9.17) is 0 Å². The van der Waals surface area contributed by atoms with Crippen LogP contribution >= 0.6 is 0 Å². The van der Waals surface area contributed by atoms with Crippen LogP contribution in [0.15, 0.2) is 64.6 Å². The predicted molar refractivity (Wildman–Crippen MR) is 75.5 cm³/mol. The minimum Gasteiger partial charge on any atom is -0.200 e. The summed E-state index contributed by atoms with van der Waals surface area (Å²) < 4.78 is 23.7. The van der Waals surface area contributed by atoms with Crippen molar-refractivity contribution in [2.45, 2.75) is 11.8 Å². The van der Waals surface area contributed by atoms with Crippen molar-refractivity contribution < 1.29 is 8.42 Å².